The molecule has 26 heavy (non-hydrogen) atoms. The van der Waals surface area contributed by atoms with E-state index in [0.717, 1.165) is 25.9 Å². The third-order valence-electron chi connectivity index (χ3n) is 4.57. The van der Waals surface area contributed by atoms with Crippen molar-refractivity contribution in [2.24, 2.45) is 0 Å². The van der Waals surface area contributed by atoms with Gasteiger partial charge in [0.1, 0.15) is 5.82 Å². The third-order valence-corrected chi connectivity index (χ3v) is 5.40. The van der Waals surface area contributed by atoms with E-state index in [1.54, 1.807) is 0 Å². The van der Waals surface area contributed by atoms with Crippen molar-refractivity contribution in [3.05, 3.63) is 46.6 Å². The van der Waals surface area contributed by atoms with Crippen LogP contribution in [0.4, 0.5) is 20.9 Å². The average Bonchev–Trinajstić information content (AvgIpc) is 3.00. The summed E-state index contributed by atoms with van der Waals surface area (Å²) >= 11 is 1.25. The fraction of sp³-hybridized carbons (Fsp3) is 0.389. The minimum atomic E-state index is -0.244. The Morgan fingerprint density at radius 2 is 1.85 bits per heavy atom. The summed E-state index contributed by atoms with van der Waals surface area (Å²) in [4.78, 5) is 18.5. The quantitative estimate of drug-likeness (QED) is 0.756. The second-order valence-corrected chi connectivity index (χ2v) is 7.39. The Kier molecular flexibility index (Phi) is 4.83. The van der Waals surface area contributed by atoms with Gasteiger partial charge in [0.05, 0.1) is 5.69 Å². The van der Waals surface area contributed by atoms with Crippen LogP contribution in [0.15, 0.2) is 35.3 Å². The van der Waals surface area contributed by atoms with Gasteiger partial charge in [-0.2, -0.15) is 4.52 Å². The summed E-state index contributed by atoms with van der Waals surface area (Å²) in [6.45, 7) is 1.80. The number of fused-ring (bicyclic) bond motifs is 1. The van der Waals surface area contributed by atoms with Gasteiger partial charge in [-0.15, -0.1) is 5.10 Å². The molecule has 1 aliphatic heterocycles. The molecule has 6 nitrogen and oxygen atoms in total. The van der Waals surface area contributed by atoms with E-state index in [1.165, 1.54) is 53.4 Å². The summed E-state index contributed by atoms with van der Waals surface area (Å²) in [7, 11) is 0. The number of nitrogens with one attached hydrogen (secondary N) is 1. The number of nitrogens with zero attached hydrogens (tertiary/aromatic N) is 4. The molecule has 1 N–H and O–H groups in total. The van der Waals surface area contributed by atoms with Gasteiger partial charge in [0, 0.05) is 31.0 Å². The Morgan fingerprint density at radius 1 is 1.08 bits per heavy atom. The van der Waals surface area contributed by atoms with Crippen LogP contribution < -0.4 is 15.8 Å². The highest BCUT2D eigenvalue weighted by Crippen LogP contribution is 2.28. The molecule has 1 aliphatic rings. The molecular formula is C18H20FN5OS. The summed E-state index contributed by atoms with van der Waals surface area (Å²) < 4.78 is 15.9. The number of halogens is 1. The minimum Gasteiger partial charge on any atom is -0.369 e. The van der Waals surface area contributed by atoms with E-state index in [9.17, 15) is 9.18 Å². The standard InChI is InChI=1S/C18H20FN5OS/c19-14-12-13(6-7-15(14)23-10-4-2-1-3-5-11-23)21-17-22-24-16(25)8-9-20-18(24)26-17/h6-9,12H,1-5,10-11H2,(H,21,22). The smallest absolute Gasteiger partial charge is 0.275 e. The molecular weight excluding hydrogens is 353 g/mol. The van der Waals surface area contributed by atoms with Gasteiger partial charge in [-0.1, -0.05) is 30.6 Å². The molecule has 4 rings (SSSR count). The topological polar surface area (TPSA) is 62.5 Å². The van der Waals surface area contributed by atoms with Crippen molar-refractivity contribution < 1.29 is 4.39 Å². The second-order valence-electron chi connectivity index (χ2n) is 6.43. The molecule has 1 saturated heterocycles. The fourth-order valence-electron chi connectivity index (χ4n) is 3.25. The van der Waals surface area contributed by atoms with Gasteiger partial charge in [-0.3, -0.25) is 4.79 Å². The predicted molar refractivity (Wildman–Crippen MR) is 102 cm³/mol. The van der Waals surface area contributed by atoms with Crippen LogP contribution in [-0.2, 0) is 0 Å². The van der Waals surface area contributed by atoms with Crippen LogP contribution in [0, 0.1) is 5.82 Å². The molecule has 0 aliphatic carbocycles. The second kappa shape index (κ2) is 7.41. The molecule has 136 valence electrons. The van der Waals surface area contributed by atoms with Crippen molar-refractivity contribution in [2.45, 2.75) is 32.1 Å². The lowest BCUT2D eigenvalue weighted by molar-refractivity contribution is 0.545. The zero-order chi connectivity index (χ0) is 17.9. The number of benzene rings is 1. The lowest BCUT2D eigenvalue weighted by Crippen LogP contribution is -2.27. The first-order valence-corrected chi connectivity index (χ1v) is 9.69. The maximum absolute atomic E-state index is 14.7. The maximum Gasteiger partial charge on any atom is 0.275 e. The monoisotopic (exact) mass is 373 g/mol. The van der Waals surface area contributed by atoms with Crippen molar-refractivity contribution in [1.29, 1.82) is 0 Å². The largest absolute Gasteiger partial charge is 0.369 e. The van der Waals surface area contributed by atoms with Gasteiger partial charge in [-0.05, 0) is 31.0 Å². The van der Waals surface area contributed by atoms with Crippen molar-refractivity contribution in [3.63, 3.8) is 0 Å². The molecule has 0 saturated carbocycles. The first kappa shape index (κ1) is 17.0. The number of hydrogen-bond acceptors (Lipinski definition) is 6. The zero-order valence-corrected chi connectivity index (χ0v) is 15.1. The highest BCUT2D eigenvalue weighted by atomic mass is 32.1. The fourth-order valence-corrected chi connectivity index (χ4v) is 4.04. The first-order valence-electron chi connectivity index (χ1n) is 8.87. The molecule has 3 heterocycles. The molecule has 2 aromatic heterocycles. The van der Waals surface area contributed by atoms with Crippen molar-refractivity contribution in [2.75, 3.05) is 23.3 Å². The van der Waals surface area contributed by atoms with Crippen molar-refractivity contribution in [3.8, 4) is 0 Å². The Hall–Kier alpha value is -2.48. The number of rotatable bonds is 3. The Morgan fingerprint density at radius 3 is 2.58 bits per heavy atom. The third kappa shape index (κ3) is 3.55. The Labute approximate surface area is 154 Å². The normalized spacial score (nSPS) is 15.7. The van der Waals surface area contributed by atoms with Crippen LogP contribution >= 0.6 is 11.3 Å². The predicted octanol–water partition coefficient (Wildman–Crippen LogP) is 3.80. The van der Waals surface area contributed by atoms with E-state index in [1.807, 2.05) is 12.1 Å². The molecule has 0 unspecified atom stereocenters. The van der Waals surface area contributed by atoms with Gasteiger partial charge in [0.15, 0.2) is 0 Å². The van der Waals surface area contributed by atoms with E-state index in [4.69, 9.17) is 0 Å². The molecule has 1 aromatic carbocycles. The van der Waals surface area contributed by atoms with Gasteiger partial charge in [0.2, 0.25) is 10.1 Å². The molecule has 0 atom stereocenters. The zero-order valence-electron chi connectivity index (χ0n) is 14.3. The van der Waals surface area contributed by atoms with Gasteiger partial charge < -0.3 is 10.2 Å². The summed E-state index contributed by atoms with van der Waals surface area (Å²) in [6, 6.07) is 6.50. The molecule has 0 amide bonds. The highest BCUT2D eigenvalue weighted by molar-refractivity contribution is 7.20. The van der Waals surface area contributed by atoms with Gasteiger partial charge in [-0.25, -0.2) is 9.37 Å². The maximum atomic E-state index is 14.7. The lowest BCUT2D eigenvalue weighted by atomic mass is 10.1. The van der Waals surface area contributed by atoms with Crippen LogP contribution in [0.5, 0.6) is 0 Å². The van der Waals surface area contributed by atoms with Crippen molar-refractivity contribution in [1.82, 2.24) is 14.6 Å². The van der Waals surface area contributed by atoms with E-state index in [2.05, 4.69) is 20.3 Å². The number of anilines is 3. The molecule has 0 radical (unpaired) electrons. The minimum absolute atomic E-state index is 0.238. The van der Waals surface area contributed by atoms with Gasteiger partial charge >= 0.3 is 0 Å². The van der Waals surface area contributed by atoms with E-state index < -0.39 is 0 Å². The van der Waals surface area contributed by atoms with E-state index in [0.29, 0.717) is 21.5 Å². The molecule has 3 aromatic rings. The Balaban J connectivity index is 1.54. The van der Waals surface area contributed by atoms with Crippen LogP contribution in [0.2, 0.25) is 0 Å². The van der Waals surface area contributed by atoms with Crippen LogP contribution in [0.1, 0.15) is 32.1 Å². The van der Waals surface area contributed by atoms with Crippen molar-refractivity contribution >= 4 is 32.8 Å². The molecule has 8 heteroatoms. The first-order chi connectivity index (χ1) is 12.7. The number of hydrogen-bond donors (Lipinski definition) is 1. The molecule has 0 bridgehead atoms. The lowest BCUT2D eigenvalue weighted by Gasteiger charge is -2.27. The molecule has 0 spiro atoms. The summed E-state index contributed by atoms with van der Waals surface area (Å²) in [6.07, 6.45) is 7.36. The highest BCUT2D eigenvalue weighted by Gasteiger charge is 2.14. The SMILES string of the molecule is O=c1ccnc2sc(Nc3ccc(N4CCCCCCC4)c(F)c3)nn12. The Bertz CT molecular complexity index is 962. The van der Waals surface area contributed by atoms with E-state index in [-0.39, 0.29) is 11.4 Å². The summed E-state index contributed by atoms with van der Waals surface area (Å²) in [5.41, 5.74) is 1.02. The summed E-state index contributed by atoms with van der Waals surface area (Å²) in [5, 5.41) is 7.75. The average molecular weight is 373 g/mol. The van der Waals surface area contributed by atoms with Gasteiger partial charge in [0.25, 0.3) is 5.56 Å². The van der Waals surface area contributed by atoms with Crippen LogP contribution in [0.25, 0.3) is 4.96 Å². The summed E-state index contributed by atoms with van der Waals surface area (Å²) in [5.74, 6) is -0.244. The van der Waals surface area contributed by atoms with Crippen LogP contribution in [0.3, 0.4) is 0 Å². The number of aromatic nitrogens is 3. The van der Waals surface area contributed by atoms with Crippen LogP contribution in [-0.4, -0.2) is 27.7 Å². The molecule has 1 fully saturated rings. The van der Waals surface area contributed by atoms with E-state index >= 15 is 0 Å².